The largest absolute Gasteiger partial charge is 0.489 e. The number of carbonyl (C=O) groups is 1. The highest BCUT2D eigenvalue weighted by Crippen LogP contribution is 2.31. The molecule has 0 radical (unpaired) electrons. The number of benzene rings is 1. The van der Waals surface area contributed by atoms with Gasteiger partial charge < -0.3 is 9.47 Å². The van der Waals surface area contributed by atoms with Crippen LogP contribution < -0.4 is 4.74 Å². The van der Waals surface area contributed by atoms with Crippen LogP contribution in [0.2, 0.25) is 10.0 Å². The van der Waals surface area contributed by atoms with E-state index < -0.39 is 0 Å². The molecule has 1 aromatic carbocycles. The van der Waals surface area contributed by atoms with Gasteiger partial charge in [-0.05, 0) is 26.0 Å². The fourth-order valence-electron chi connectivity index (χ4n) is 1.25. The molecular formula is C12H14Cl2O3. The highest BCUT2D eigenvalue weighted by atomic mass is 35.5. The fourth-order valence-corrected chi connectivity index (χ4v) is 1.81. The lowest BCUT2D eigenvalue weighted by atomic mass is 10.2. The molecule has 0 N–H and O–H groups in total. The molecule has 0 aliphatic rings. The van der Waals surface area contributed by atoms with Gasteiger partial charge in [0.15, 0.2) is 6.29 Å². The minimum absolute atomic E-state index is 0.143. The van der Waals surface area contributed by atoms with Gasteiger partial charge in [-0.15, -0.1) is 0 Å². The molecule has 0 amide bonds. The summed E-state index contributed by atoms with van der Waals surface area (Å²) in [5.41, 5.74) is 0.340. The highest BCUT2D eigenvalue weighted by Gasteiger charge is 2.10. The maximum Gasteiger partial charge on any atom is 0.153 e. The lowest BCUT2D eigenvalue weighted by Crippen LogP contribution is -2.12. The fraction of sp³-hybridized carbons (Fsp3) is 0.417. The molecule has 0 heterocycles. The predicted molar refractivity (Wildman–Crippen MR) is 68.4 cm³/mol. The van der Waals surface area contributed by atoms with Crippen molar-refractivity contribution in [1.29, 1.82) is 0 Å². The lowest BCUT2D eigenvalue weighted by Gasteiger charge is -2.12. The summed E-state index contributed by atoms with van der Waals surface area (Å²) >= 11 is 11.7. The molecule has 94 valence electrons. The Bertz CT molecular complexity index is 392. The Kier molecular flexibility index (Phi) is 5.75. The van der Waals surface area contributed by atoms with Crippen molar-refractivity contribution in [2.45, 2.75) is 20.0 Å². The van der Waals surface area contributed by atoms with Crippen molar-refractivity contribution in [2.24, 2.45) is 0 Å². The Morgan fingerprint density at radius 2 is 2.00 bits per heavy atom. The van der Waals surface area contributed by atoms with Crippen LogP contribution in [0.15, 0.2) is 12.1 Å². The van der Waals surface area contributed by atoms with E-state index in [2.05, 4.69) is 0 Å². The average Bonchev–Trinajstić information content (AvgIpc) is 2.25. The van der Waals surface area contributed by atoms with E-state index in [1.165, 1.54) is 12.1 Å². The van der Waals surface area contributed by atoms with Gasteiger partial charge in [0.05, 0.1) is 23.3 Å². The van der Waals surface area contributed by atoms with Crippen molar-refractivity contribution in [3.05, 3.63) is 27.7 Å². The molecular weight excluding hydrogens is 263 g/mol. The molecule has 1 aromatic rings. The van der Waals surface area contributed by atoms with Crippen molar-refractivity contribution in [1.82, 2.24) is 0 Å². The third kappa shape index (κ3) is 4.54. The van der Waals surface area contributed by atoms with Gasteiger partial charge in [-0.3, -0.25) is 4.79 Å². The molecule has 0 aromatic heterocycles. The first-order chi connectivity index (χ1) is 8.04. The van der Waals surface area contributed by atoms with Crippen molar-refractivity contribution in [3.63, 3.8) is 0 Å². The summed E-state index contributed by atoms with van der Waals surface area (Å²) < 4.78 is 10.7. The van der Waals surface area contributed by atoms with Crippen LogP contribution in [0.25, 0.3) is 0 Å². The average molecular weight is 277 g/mol. The highest BCUT2D eigenvalue weighted by molar-refractivity contribution is 6.36. The summed E-state index contributed by atoms with van der Waals surface area (Å²) in [5.74, 6) is 0.346. The number of aldehydes is 1. The first-order valence-corrected chi connectivity index (χ1v) is 5.98. The molecule has 0 unspecified atom stereocenters. The molecule has 0 fully saturated rings. The SMILES string of the molecule is CC(C)OCCOc1c(Cl)cc(Cl)cc1C=O. The van der Waals surface area contributed by atoms with Crippen LogP contribution in [0, 0.1) is 0 Å². The number of halogens is 2. The quantitative estimate of drug-likeness (QED) is 0.588. The number of ether oxygens (including phenoxy) is 2. The molecule has 0 spiro atoms. The summed E-state index contributed by atoms with van der Waals surface area (Å²) in [6.45, 7) is 4.65. The van der Waals surface area contributed by atoms with Crippen LogP contribution in [0.4, 0.5) is 0 Å². The number of hydrogen-bond donors (Lipinski definition) is 0. The molecule has 1 rings (SSSR count). The van der Waals surface area contributed by atoms with E-state index in [1.807, 2.05) is 13.8 Å². The number of rotatable bonds is 6. The summed E-state index contributed by atoms with van der Waals surface area (Å²) in [5, 5.41) is 0.729. The standard InChI is InChI=1S/C12H14Cl2O3/c1-8(2)16-3-4-17-12-9(7-15)5-10(13)6-11(12)14/h5-8H,3-4H2,1-2H3. The second-order valence-electron chi connectivity index (χ2n) is 3.69. The third-order valence-corrected chi connectivity index (χ3v) is 2.44. The van der Waals surface area contributed by atoms with Crippen LogP contribution in [0.1, 0.15) is 24.2 Å². The van der Waals surface area contributed by atoms with Crippen LogP contribution in [0.5, 0.6) is 5.75 Å². The Morgan fingerprint density at radius 1 is 1.29 bits per heavy atom. The van der Waals surface area contributed by atoms with E-state index in [-0.39, 0.29) is 6.10 Å². The molecule has 0 atom stereocenters. The van der Waals surface area contributed by atoms with Gasteiger partial charge in [0.1, 0.15) is 12.4 Å². The predicted octanol–water partition coefficient (Wildman–Crippen LogP) is 3.61. The van der Waals surface area contributed by atoms with E-state index in [0.29, 0.717) is 40.9 Å². The smallest absolute Gasteiger partial charge is 0.153 e. The maximum absolute atomic E-state index is 10.8. The molecule has 0 aliphatic heterocycles. The Labute approximate surface area is 111 Å². The van der Waals surface area contributed by atoms with E-state index in [0.717, 1.165) is 0 Å². The minimum atomic E-state index is 0.143. The van der Waals surface area contributed by atoms with Crippen molar-refractivity contribution >= 4 is 29.5 Å². The van der Waals surface area contributed by atoms with Gasteiger partial charge in [0.25, 0.3) is 0 Å². The molecule has 5 heteroatoms. The second kappa shape index (κ2) is 6.84. The summed E-state index contributed by atoms with van der Waals surface area (Å²) in [6, 6.07) is 3.05. The zero-order valence-corrected chi connectivity index (χ0v) is 11.2. The number of carbonyl (C=O) groups excluding carboxylic acids is 1. The van der Waals surface area contributed by atoms with Crippen LogP contribution in [-0.4, -0.2) is 25.6 Å². The lowest BCUT2D eigenvalue weighted by molar-refractivity contribution is 0.0550. The maximum atomic E-state index is 10.8. The normalized spacial score (nSPS) is 10.6. The Morgan fingerprint density at radius 3 is 2.59 bits per heavy atom. The topological polar surface area (TPSA) is 35.5 Å². The molecule has 0 bridgehead atoms. The van der Waals surface area contributed by atoms with Gasteiger partial charge in [-0.25, -0.2) is 0 Å². The van der Waals surface area contributed by atoms with Gasteiger partial charge in [0.2, 0.25) is 0 Å². The second-order valence-corrected chi connectivity index (χ2v) is 4.54. The van der Waals surface area contributed by atoms with Gasteiger partial charge in [0, 0.05) is 5.02 Å². The van der Waals surface area contributed by atoms with Crippen molar-refractivity contribution in [3.8, 4) is 5.75 Å². The summed E-state index contributed by atoms with van der Waals surface area (Å²) in [4.78, 5) is 10.8. The van der Waals surface area contributed by atoms with Crippen molar-refractivity contribution in [2.75, 3.05) is 13.2 Å². The molecule has 0 saturated heterocycles. The van der Waals surface area contributed by atoms with E-state index in [4.69, 9.17) is 32.7 Å². The van der Waals surface area contributed by atoms with Gasteiger partial charge in [-0.2, -0.15) is 0 Å². The minimum Gasteiger partial charge on any atom is -0.489 e. The van der Waals surface area contributed by atoms with Gasteiger partial charge >= 0.3 is 0 Å². The molecule has 0 aliphatic carbocycles. The monoisotopic (exact) mass is 276 g/mol. The van der Waals surface area contributed by atoms with Gasteiger partial charge in [-0.1, -0.05) is 23.2 Å². The Balaban J connectivity index is 2.66. The summed E-state index contributed by atoms with van der Waals surface area (Å²) in [6.07, 6.45) is 0.806. The van der Waals surface area contributed by atoms with E-state index >= 15 is 0 Å². The third-order valence-electron chi connectivity index (χ3n) is 1.94. The van der Waals surface area contributed by atoms with E-state index in [1.54, 1.807) is 0 Å². The summed E-state index contributed by atoms with van der Waals surface area (Å²) in [7, 11) is 0. The zero-order chi connectivity index (χ0) is 12.8. The van der Waals surface area contributed by atoms with Crippen LogP contribution >= 0.6 is 23.2 Å². The van der Waals surface area contributed by atoms with Crippen LogP contribution in [0.3, 0.4) is 0 Å². The molecule has 0 saturated carbocycles. The zero-order valence-electron chi connectivity index (χ0n) is 9.70. The van der Waals surface area contributed by atoms with E-state index in [9.17, 15) is 4.79 Å². The van der Waals surface area contributed by atoms with Crippen LogP contribution in [-0.2, 0) is 4.74 Å². The van der Waals surface area contributed by atoms with Crippen molar-refractivity contribution < 1.29 is 14.3 Å². The first-order valence-electron chi connectivity index (χ1n) is 5.23. The molecule has 3 nitrogen and oxygen atoms in total. The Hall–Kier alpha value is -0.770. The molecule has 17 heavy (non-hydrogen) atoms. The first kappa shape index (κ1) is 14.3. The number of hydrogen-bond acceptors (Lipinski definition) is 3.